The highest BCUT2D eigenvalue weighted by molar-refractivity contribution is 5.97. The molecule has 0 radical (unpaired) electrons. The zero-order valence-corrected chi connectivity index (χ0v) is 11.1. The number of rotatable bonds is 4. The lowest BCUT2D eigenvalue weighted by molar-refractivity contribution is 0.0953. The van der Waals surface area contributed by atoms with Crippen molar-refractivity contribution in [3.8, 4) is 0 Å². The summed E-state index contributed by atoms with van der Waals surface area (Å²) in [5.41, 5.74) is 2.46. The fourth-order valence-corrected chi connectivity index (χ4v) is 2.12. The fourth-order valence-electron chi connectivity index (χ4n) is 2.12. The Morgan fingerprint density at radius 1 is 1.35 bits per heavy atom. The first kappa shape index (κ1) is 12.5. The van der Waals surface area contributed by atoms with Crippen molar-refractivity contribution >= 4 is 16.8 Å². The van der Waals surface area contributed by atoms with Crippen LogP contribution < -0.4 is 5.32 Å². The van der Waals surface area contributed by atoms with Gasteiger partial charge in [0.05, 0.1) is 5.69 Å². The molecule has 20 heavy (non-hydrogen) atoms. The summed E-state index contributed by atoms with van der Waals surface area (Å²) >= 11 is 0. The fraction of sp³-hybridized carbons (Fsp3) is 0.200. The molecule has 2 aromatic heterocycles. The van der Waals surface area contributed by atoms with Crippen molar-refractivity contribution in [3.05, 3.63) is 53.5 Å². The summed E-state index contributed by atoms with van der Waals surface area (Å²) in [6.07, 6.45) is 2.50. The molecule has 3 aromatic rings. The van der Waals surface area contributed by atoms with Crippen LogP contribution in [0.3, 0.4) is 0 Å². The Bertz CT molecular complexity index is 742. The molecule has 1 aromatic carbocycles. The molecular weight excluding hydrogens is 254 g/mol. The number of H-pyrrole nitrogens is 1. The molecule has 0 atom stereocenters. The first-order chi connectivity index (χ1) is 9.72. The van der Waals surface area contributed by atoms with Gasteiger partial charge < -0.3 is 14.8 Å². The summed E-state index contributed by atoms with van der Waals surface area (Å²) < 4.78 is 5.09. The number of nitrogens with one attached hydrogen (secondary N) is 2. The molecule has 1 amide bonds. The summed E-state index contributed by atoms with van der Waals surface area (Å²) in [7, 11) is 0. The van der Waals surface area contributed by atoms with Crippen LogP contribution in [-0.2, 0) is 6.42 Å². The predicted molar refractivity (Wildman–Crippen MR) is 75.6 cm³/mol. The topological polar surface area (TPSA) is 70.9 Å². The lowest BCUT2D eigenvalue weighted by Gasteiger charge is -2.04. The van der Waals surface area contributed by atoms with Crippen molar-refractivity contribution in [3.63, 3.8) is 0 Å². The van der Waals surface area contributed by atoms with E-state index in [1.807, 2.05) is 43.5 Å². The zero-order valence-electron chi connectivity index (χ0n) is 11.1. The van der Waals surface area contributed by atoms with E-state index in [1.165, 1.54) is 0 Å². The third kappa shape index (κ3) is 2.56. The zero-order chi connectivity index (χ0) is 13.9. The molecule has 0 fully saturated rings. The molecule has 0 aliphatic carbocycles. The maximum atomic E-state index is 12.0. The van der Waals surface area contributed by atoms with E-state index in [-0.39, 0.29) is 5.91 Å². The van der Waals surface area contributed by atoms with Crippen molar-refractivity contribution in [2.24, 2.45) is 0 Å². The normalized spacial score (nSPS) is 10.8. The molecule has 0 bridgehead atoms. The molecule has 0 aliphatic heterocycles. The highest BCUT2D eigenvalue weighted by Gasteiger charge is 2.07. The van der Waals surface area contributed by atoms with E-state index >= 15 is 0 Å². The Hall–Kier alpha value is -2.56. The van der Waals surface area contributed by atoms with Gasteiger partial charge in [0.15, 0.2) is 0 Å². The van der Waals surface area contributed by atoms with E-state index in [2.05, 4.69) is 15.5 Å². The predicted octanol–water partition coefficient (Wildman–Crippen LogP) is 2.44. The van der Waals surface area contributed by atoms with Gasteiger partial charge in [-0.25, -0.2) is 0 Å². The van der Waals surface area contributed by atoms with Gasteiger partial charge in [-0.3, -0.25) is 4.79 Å². The highest BCUT2D eigenvalue weighted by Crippen LogP contribution is 2.14. The lowest BCUT2D eigenvalue weighted by atomic mass is 10.1. The van der Waals surface area contributed by atoms with Gasteiger partial charge in [-0.05, 0) is 30.5 Å². The number of benzene rings is 1. The van der Waals surface area contributed by atoms with Gasteiger partial charge in [0.25, 0.3) is 5.91 Å². The van der Waals surface area contributed by atoms with Crippen molar-refractivity contribution in [1.29, 1.82) is 0 Å². The molecule has 2 N–H and O–H groups in total. The number of aromatic amines is 1. The van der Waals surface area contributed by atoms with E-state index in [0.29, 0.717) is 18.5 Å². The Morgan fingerprint density at radius 3 is 3.05 bits per heavy atom. The number of hydrogen-bond donors (Lipinski definition) is 2. The Morgan fingerprint density at radius 2 is 2.25 bits per heavy atom. The van der Waals surface area contributed by atoms with Gasteiger partial charge in [-0.2, -0.15) is 0 Å². The number of carbonyl (C=O) groups is 1. The Labute approximate surface area is 116 Å². The molecule has 2 heterocycles. The standard InChI is InChI=1S/C15H15N3O2/c1-10-8-13(20-18-10)5-7-17-15(19)12-3-2-11-4-6-16-14(11)9-12/h2-4,6,8-9,16H,5,7H2,1H3,(H,17,19). The minimum atomic E-state index is -0.0854. The van der Waals surface area contributed by atoms with Crippen LogP contribution in [0.1, 0.15) is 21.8 Å². The minimum Gasteiger partial charge on any atom is -0.361 e. The van der Waals surface area contributed by atoms with Crippen molar-refractivity contribution < 1.29 is 9.32 Å². The number of nitrogens with zero attached hydrogens (tertiary/aromatic N) is 1. The number of hydrogen-bond acceptors (Lipinski definition) is 3. The maximum absolute atomic E-state index is 12.0. The van der Waals surface area contributed by atoms with E-state index in [0.717, 1.165) is 22.4 Å². The van der Waals surface area contributed by atoms with Crippen LogP contribution in [0.25, 0.3) is 10.9 Å². The summed E-state index contributed by atoms with van der Waals surface area (Å²) in [4.78, 5) is 15.1. The second-order valence-corrected chi connectivity index (χ2v) is 4.72. The smallest absolute Gasteiger partial charge is 0.251 e. The molecule has 0 aliphatic rings. The average molecular weight is 269 g/mol. The Kier molecular flexibility index (Phi) is 3.25. The SMILES string of the molecule is Cc1cc(CCNC(=O)c2ccc3cc[nH]c3c2)on1. The van der Waals surface area contributed by atoms with Crippen molar-refractivity contribution in [2.45, 2.75) is 13.3 Å². The molecule has 0 saturated heterocycles. The molecule has 0 saturated carbocycles. The summed E-state index contributed by atoms with van der Waals surface area (Å²) in [5, 5.41) is 7.78. The van der Waals surface area contributed by atoms with Gasteiger partial charge in [-0.1, -0.05) is 11.2 Å². The summed E-state index contributed by atoms with van der Waals surface area (Å²) in [5.74, 6) is 0.695. The van der Waals surface area contributed by atoms with Crippen LogP contribution in [0.15, 0.2) is 41.1 Å². The van der Waals surface area contributed by atoms with Crippen molar-refractivity contribution in [1.82, 2.24) is 15.5 Å². The lowest BCUT2D eigenvalue weighted by Crippen LogP contribution is -2.25. The van der Waals surface area contributed by atoms with Gasteiger partial charge in [0.2, 0.25) is 0 Å². The number of aryl methyl sites for hydroxylation is 1. The van der Waals surface area contributed by atoms with Crippen LogP contribution >= 0.6 is 0 Å². The quantitative estimate of drug-likeness (QED) is 0.764. The van der Waals surface area contributed by atoms with Crippen LogP contribution in [-0.4, -0.2) is 22.6 Å². The van der Waals surface area contributed by atoms with Gasteiger partial charge in [-0.15, -0.1) is 0 Å². The number of amides is 1. The van der Waals surface area contributed by atoms with Crippen LogP contribution in [0, 0.1) is 6.92 Å². The third-order valence-corrected chi connectivity index (χ3v) is 3.15. The number of carbonyl (C=O) groups excluding carboxylic acids is 1. The van der Waals surface area contributed by atoms with E-state index in [1.54, 1.807) is 0 Å². The Balaban J connectivity index is 1.61. The highest BCUT2D eigenvalue weighted by atomic mass is 16.5. The second kappa shape index (κ2) is 5.21. The summed E-state index contributed by atoms with van der Waals surface area (Å²) in [6.45, 7) is 2.40. The molecule has 0 unspecified atom stereocenters. The van der Waals surface area contributed by atoms with E-state index < -0.39 is 0 Å². The van der Waals surface area contributed by atoms with E-state index in [9.17, 15) is 4.79 Å². The maximum Gasteiger partial charge on any atom is 0.251 e. The molecule has 0 spiro atoms. The first-order valence-electron chi connectivity index (χ1n) is 6.50. The summed E-state index contributed by atoms with van der Waals surface area (Å²) in [6, 6.07) is 9.45. The molecule has 102 valence electrons. The van der Waals surface area contributed by atoms with Gasteiger partial charge >= 0.3 is 0 Å². The molecule has 3 rings (SSSR count). The van der Waals surface area contributed by atoms with Gasteiger partial charge in [0.1, 0.15) is 5.76 Å². The second-order valence-electron chi connectivity index (χ2n) is 4.72. The third-order valence-electron chi connectivity index (χ3n) is 3.15. The van der Waals surface area contributed by atoms with Crippen LogP contribution in [0.4, 0.5) is 0 Å². The van der Waals surface area contributed by atoms with Crippen LogP contribution in [0.5, 0.6) is 0 Å². The molecule has 5 nitrogen and oxygen atoms in total. The molecule has 5 heteroatoms. The molecular formula is C15H15N3O2. The average Bonchev–Trinajstić information content (AvgIpc) is 3.06. The van der Waals surface area contributed by atoms with Crippen LogP contribution in [0.2, 0.25) is 0 Å². The first-order valence-corrected chi connectivity index (χ1v) is 6.50. The van der Waals surface area contributed by atoms with Crippen molar-refractivity contribution in [2.75, 3.05) is 6.54 Å². The number of aromatic nitrogens is 2. The monoisotopic (exact) mass is 269 g/mol. The number of fused-ring (bicyclic) bond motifs is 1. The minimum absolute atomic E-state index is 0.0854. The largest absolute Gasteiger partial charge is 0.361 e. The van der Waals surface area contributed by atoms with Gasteiger partial charge in [0, 0.05) is 36.3 Å². The van der Waals surface area contributed by atoms with E-state index in [4.69, 9.17) is 4.52 Å².